The molecule has 4 rings (SSSR count). The van der Waals surface area contributed by atoms with Crippen LogP contribution in [0.1, 0.15) is 25.1 Å². The predicted molar refractivity (Wildman–Crippen MR) is 109 cm³/mol. The molecule has 0 fully saturated rings. The molecule has 1 N–H and O–H groups in total. The van der Waals surface area contributed by atoms with Crippen LogP contribution in [0.15, 0.2) is 42.5 Å². The molecule has 1 aliphatic rings. The van der Waals surface area contributed by atoms with E-state index in [2.05, 4.69) is 15.5 Å². The molecular formula is C21H20ClFN4O2. The Morgan fingerprint density at radius 1 is 1.17 bits per heavy atom. The van der Waals surface area contributed by atoms with Crippen molar-refractivity contribution in [2.75, 3.05) is 11.9 Å². The van der Waals surface area contributed by atoms with E-state index in [1.165, 1.54) is 12.1 Å². The molecule has 0 spiro atoms. The van der Waals surface area contributed by atoms with Crippen LogP contribution in [-0.2, 0) is 17.8 Å². The summed E-state index contributed by atoms with van der Waals surface area (Å²) in [5.74, 6) is 1.01. The highest BCUT2D eigenvalue weighted by molar-refractivity contribution is 6.32. The van der Waals surface area contributed by atoms with Gasteiger partial charge < -0.3 is 14.6 Å². The van der Waals surface area contributed by atoms with Gasteiger partial charge in [0.1, 0.15) is 17.4 Å². The predicted octanol–water partition coefficient (Wildman–Crippen LogP) is 4.48. The van der Waals surface area contributed by atoms with Crippen molar-refractivity contribution in [3.63, 3.8) is 0 Å². The van der Waals surface area contributed by atoms with Crippen LogP contribution >= 0.6 is 11.6 Å². The quantitative estimate of drug-likeness (QED) is 0.668. The van der Waals surface area contributed by atoms with Crippen molar-refractivity contribution in [3.05, 3.63) is 59.1 Å². The normalized spacial score (nSPS) is 13.4. The number of aryl methyl sites for hydroxylation is 1. The molecule has 1 aromatic heterocycles. The van der Waals surface area contributed by atoms with Crippen LogP contribution in [0.5, 0.6) is 5.75 Å². The van der Waals surface area contributed by atoms with Crippen LogP contribution in [0.25, 0.3) is 11.4 Å². The third-order valence-corrected chi connectivity index (χ3v) is 5.11. The van der Waals surface area contributed by atoms with E-state index in [-0.39, 0.29) is 12.5 Å². The van der Waals surface area contributed by atoms with E-state index in [1.807, 2.05) is 4.57 Å². The maximum absolute atomic E-state index is 14.5. The van der Waals surface area contributed by atoms with E-state index < -0.39 is 5.82 Å². The van der Waals surface area contributed by atoms with Crippen molar-refractivity contribution in [3.8, 4) is 17.1 Å². The second kappa shape index (κ2) is 8.61. The van der Waals surface area contributed by atoms with Gasteiger partial charge in [0.05, 0.1) is 10.6 Å². The fourth-order valence-corrected chi connectivity index (χ4v) is 3.55. The summed E-state index contributed by atoms with van der Waals surface area (Å²) in [7, 11) is 0. The molecule has 2 heterocycles. The summed E-state index contributed by atoms with van der Waals surface area (Å²) in [5, 5.41) is 11.6. The first-order valence-corrected chi connectivity index (χ1v) is 9.89. The molecule has 0 aliphatic carbocycles. The molecule has 150 valence electrons. The number of nitrogens with zero attached hydrogens (tertiary/aromatic N) is 3. The molecule has 0 saturated carbocycles. The number of rotatable bonds is 5. The number of fused-ring (bicyclic) bond motifs is 1. The van der Waals surface area contributed by atoms with Crippen LogP contribution in [0.4, 0.5) is 10.1 Å². The number of ether oxygens (including phenoxy) is 1. The fraction of sp³-hybridized carbons (Fsp3) is 0.286. The minimum absolute atomic E-state index is 0.212. The third kappa shape index (κ3) is 4.40. The van der Waals surface area contributed by atoms with Crippen molar-refractivity contribution in [1.82, 2.24) is 14.8 Å². The number of carbonyl (C=O) groups excluding carboxylic acids is 1. The van der Waals surface area contributed by atoms with Crippen LogP contribution in [0, 0.1) is 5.82 Å². The van der Waals surface area contributed by atoms with Crippen LogP contribution in [0.2, 0.25) is 5.02 Å². The summed E-state index contributed by atoms with van der Waals surface area (Å²) >= 11 is 6.02. The van der Waals surface area contributed by atoms with Crippen LogP contribution in [0.3, 0.4) is 0 Å². The molecule has 2 aromatic carbocycles. The maximum Gasteiger partial charge on any atom is 0.262 e. The lowest BCUT2D eigenvalue weighted by Crippen LogP contribution is -2.20. The smallest absolute Gasteiger partial charge is 0.262 e. The average molecular weight is 415 g/mol. The Morgan fingerprint density at radius 3 is 2.90 bits per heavy atom. The Hall–Kier alpha value is -2.93. The summed E-state index contributed by atoms with van der Waals surface area (Å²) in [4.78, 5) is 12.3. The van der Waals surface area contributed by atoms with E-state index in [0.717, 1.165) is 38.1 Å². The third-order valence-electron chi connectivity index (χ3n) is 4.80. The molecule has 0 bridgehead atoms. The van der Waals surface area contributed by atoms with Crippen molar-refractivity contribution in [2.45, 2.75) is 32.2 Å². The Morgan fingerprint density at radius 2 is 2.03 bits per heavy atom. The number of hydrogen-bond acceptors (Lipinski definition) is 4. The van der Waals surface area contributed by atoms with Crippen molar-refractivity contribution >= 4 is 23.2 Å². The number of anilines is 1. The van der Waals surface area contributed by atoms with Crippen molar-refractivity contribution < 1.29 is 13.9 Å². The van der Waals surface area contributed by atoms with Gasteiger partial charge in [-0.2, -0.15) is 0 Å². The van der Waals surface area contributed by atoms with Crippen LogP contribution in [-0.4, -0.2) is 27.3 Å². The number of carbonyl (C=O) groups is 1. The molecule has 3 aromatic rings. The van der Waals surface area contributed by atoms with E-state index in [1.54, 1.807) is 30.3 Å². The second-order valence-corrected chi connectivity index (χ2v) is 7.27. The second-order valence-electron chi connectivity index (χ2n) is 6.86. The van der Waals surface area contributed by atoms with Gasteiger partial charge in [-0.25, -0.2) is 4.39 Å². The lowest BCUT2D eigenvalue weighted by molar-refractivity contribution is -0.118. The summed E-state index contributed by atoms with van der Waals surface area (Å²) in [5.41, 5.74) is 0.774. The molecule has 29 heavy (non-hydrogen) atoms. The van der Waals surface area contributed by atoms with E-state index in [4.69, 9.17) is 16.3 Å². The standard InChI is InChI=1S/C21H20ClFN4O2/c22-16-6-3-4-7-18(16)29-13-20(28)24-14-9-10-17(23)15(12-14)21-26-25-19-8-2-1-5-11-27(19)21/h3-4,6-7,9-10,12H,1-2,5,8,11,13H2,(H,24,28). The molecule has 8 heteroatoms. The number of halogens is 2. The highest BCUT2D eigenvalue weighted by Gasteiger charge is 2.19. The highest BCUT2D eigenvalue weighted by Crippen LogP contribution is 2.28. The van der Waals surface area contributed by atoms with Gasteiger partial charge in [-0.1, -0.05) is 30.2 Å². The Bertz CT molecular complexity index is 1040. The summed E-state index contributed by atoms with van der Waals surface area (Å²) < 4.78 is 21.9. The van der Waals surface area contributed by atoms with E-state index in [0.29, 0.717) is 27.8 Å². The van der Waals surface area contributed by atoms with Gasteiger partial charge in [0.15, 0.2) is 12.4 Å². The summed E-state index contributed by atoms with van der Waals surface area (Å²) in [6, 6.07) is 11.3. The van der Waals surface area contributed by atoms with Gasteiger partial charge in [0, 0.05) is 18.7 Å². The zero-order chi connectivity index (χ0) is 20.2. The fourth-order valence-electron chi connectivity index (χ4n) is 3.36. The minimum Gasteiger partial charge on any atom is -0.482 e. The zero-order valence-corrected chi connectivity index (χ0v) is 16.5. The van der Waals surface area contributed by atoms with Gasteiger partial charge in [0.25, 0.3) is 5.91 Å². The molecule has 0 unspecified atom stereocenters. The van der Waals surface area contributed by atoms with Crippen molar-refractivity contribution in [1.29, 1.82) is 0 Å². The molecule has 6 nitrogen and oxygen atoms in total. The number of amides is 1. The Labute approximate surface area is 172 Å². The van der Waals surface area contributed by atoms with Gasteiger partial charge in [-0.3, -0.25) is 4.79 Å². The Balaban J connectivity index is 1.49. The van der Waals surface area contributed by atoms with Gasteiger partial charge in [0.2, 0.25) is 0 Å². The lowest BCUT2D eigenvalue weighted by atomic mass is 10.1. The summed E-state index contributed by atoms with van der Waals surface area (Å²) in [6.45, 7) is 0.552. The molecule has 0 saturated heterocycles. The molecule has 1 amide bonds. The summed E-state index contributed by atoms with van der Waals surface area (Å²) in [6.07, 6.45) is 4.02. The monoisotopic (exact) mass is 414 g/mol. The first kappa shape index (κ1) is 19.4. The number of nitrogens with one attached hydrogen (secondary N) is 1. The zero-order valence-electron chi connectivity index (χ0n) is 15.7. The molecule has 0 atom stereocenters. The van der Waals surface area contributed by atoms with Gasteiger partial charge in [-0.15, -0.1) is 10.2 Å². The number of benzene rings is 2. The SMILES string of the molecule is O=C(COc1ccccc1Cl)Nc1ccc(F)c(-c2nnc3n2CCCCC3)c1. The first-order chi connectivity index (χ1) is 14.1. The minimum atomic E-state index is -0.408. The molecular weight excluding hydrogens is 395 g/mol. The number of para-hydroxylation sites is 1. The van der Waals surface area contributed by atoms with Gasteiger partial charge in [-0.05, 0) is 43.2 Å². The maximum atomic E-state index is 14.5. The average Bonchev–Trinajstić information content (AvgIpc) is 2.96. The number of aromatic nitrogens is 3. The topological polar surface area (TPSA) is 69.0 Å². The largest absolute Gasteiger partial charge is 0.482 e. The van der Waals surface area contributed by atoms with Gasteiger partial charge >= 0.3 is 0 Å². The molecule has 0 radical (unpaired) electrons. The van der Waals surface area contributed by atoms with E-state index in [9.17, 15) is 9.18 Å². The highest BCUT2D eigenvalue weighted by atomic mass is 35.5. The molecule has 1 aliphatic heterocycles. The first-order valence-electron chi connectivity index (χ1n) is 9.51. The Kier molecular flexibility index (Phi) is 5.76. The number of hydrogen-bond donors (Lipinski definition) is 1. The van der Waals surface area contributed by atoms with Crippen LogP contribution < -0.4 is 10.1 Å². The van der Waals surface area contributed by atoms with E-state index >= 15 is 0 Å². The van der Waals surface area contributed by atoms with Crippen molar-refractivity contribution in [2.24, 2.45) is 0 Å². The lowest BCUT2D eigenvalue weighted by Gasteiger charge is -2.11.